The summed E-state index contributed by atoms with van der Waals surface area (Å²) >= 11 is 0. The molecule has 142 valence electrons. The van der Waals surface area contributed by atoms with Crippen LogP contribution in [0.5, 0.6) is 0 Å². The van der Waals surface area contributed by atoms with Crippen LogP contribution in [-0.2, 0) is 14.3 Å². The second-order valence-electron chi connectivity index (χ2n) is 7.62. The Kier molecular flexibility index (Phi) is 6.30. The third kappa shape index (κ3) is 4.44. The molecule has 5 nitrogen and oxygen atoms in total. The van der Waals surface area contributed by atoms with Crippen LogP contribution in [0.3, 0.4) is 0 Å². The quantitative estimate of drug-likeness (QED) is 0.763. The maximum Gasteiger partial charge on any atom is 0.228 e. The van der Waals surface area contributed by atoms with E-state index >= 15 is 0 Å². The molecule has 0 aromatic heterocycles. The number of benzene rings is 1. The first kappa shape index (κ1) is 18.9. The van der Waals surface area contributed by atoms with Crippen LogP contribution in [0.15, 0.2) is 30.3 Å². The van der Waals surface area contributed by atoms with Gasteiger partial charge in [0.1, 0.15) is 0 Å². The summed E-state index contributed by atoms with van der Waals surface area (Å²) < 4.78 is 5.04. The van der Waals surface area contributed by atoms with Gasteiger partial charge in [0.25, 0.3) is 0 Å². The van der Waals surface area contributed by atoms with Crippen molar-refractivity contribution in [2.24, 2.45) is 0 Å². The lowest BCUT2D eigenvalue weighted by molar-refractivity contribution is -0.133. The summed E-state index contributed by atoms with van der Waals surface area (Å²) in [6.45, 7) is 2.26. The molecular weight excluding hydrogens is 328 g/mol. The molecule has 1 N–H and O–H groups in total. The zero-order valence-electron chi connectivity index (χ0n) is 15.7. The van der Waals surface area contributed by atoms with Crippen LogP contribution >= 0.6 is 0 Å². The predicted octanol–water partition coefficient (Wildman–Crippen LogP) is 2.86. The Balaban J connectivity index is 1.47. The Morgan fingerprint density at radius 2 is 1.92 bits per heavy atom. The van der Waals surface area contributed by atoms with E-state index in [2.05, 4.69) is 5.32 Å². The van der Waals surface area contributed by atoms with E-state index in [0.717, 1.165) is 63.8 Å². The van der Waals surface area contributed by atoms with Gasteiger partial charge in [-0.15, -0.1) is 0 Å². The number of nitrogens with zero attached hydrogens (tertiary/aromatic N) is 1. The summed E-state index contributed by atoms with van der Waals surface area (Å²) in [6.07, 6.45) is 6.15. The molecule has 2 aliphatic rings. The molecule has 0 unspecified atom stereocenters. The summed E-state index contributed by atoms with van der Waals surface area (Å²) in [5, 5.41) is 3.25. The highest BCUT2D eigenvalue weighted by Gasteiger charge is 2.46. The van der Waals surface area contributed by atoms with Crippen LogP contribution in [0.2, 0.25) is 0 Å². The van der Waals surface area contributed by atoms with Crippen molar-refractivity contribution in [2.45, 2.75) is 56.4 Å². The Hall–Kier alpha value is -1.88. The van der Waals surface area contributed by atoms with Crippen molar-refractivity contribution in [1.29, 1.82) is 0 Å². The van der Waals surface area contributed by atoms with E-state index in [4.69, 9.17) is 4.74 Å². The lowest BCUT2D eigenvalue weighted by Crippen LogP contribution is -2.52. The van der Waals surface area contributed by atoms with Crippen molar-refractivity contribution in [1.82, 2.24) is 10.2 Å². The number of ether oxygens (including phenoxy) is 1. The summed E-state index contributed by atoms with van der Waals surface area (Å²) in [5.41, 5.74) is 0.962. The molecule has 0 radical (unpaired) electrons. The van der Waals surface area contributed by atoms with Gasteiger partial charge in [-0.25, -0.2) is 0 Å². The number of unbranched alkanes of at least 4 members (excludes halogenated alkanes) is 2. The molecule has 2 aliphatic heterocycles. The molecule has 0 bridgehead atoms. The topological polar surface area (TPSA) is 58.6 Å². The predicted molar refractivity (Wildman–Crippen MR) is 101 cm³/mol. The van der Waals surface area contributed by atoms with Gasteiger partial charge in [-0.2, -0.15) is 0 Å². The minimum Gasteiger partial charge on any atom is -0.385 e. The average Bonchev–Trinajstić information content (AvgIpc) is 2.98. The molecule has 2 saturated heterocycles. The molecule has 5 heteroatoms. The molecule has 0 saturated carbocycles. The SMILES string of the molecule is COCCCCCC(=O)N1CCC2(CC1)C[C@H](c1ccccc1)C(=O)N2. The Morgan fingerprint density at radius 1 is 1.19 bits per heavy atom. The van der Waals surface area contributed by atoms with E-state index in [-0.39, 0.29) is 23.3 Å². The number of hydrogen-bond donors (Lipinski definition) is 1. The third-order valence-electron chi connectivity index (χ3n) is 5.81. The molecule has 2 heterocycles. The molecular formula is C21H30N2O3. The highest BCUT2D eigenvalue weighted by atomic mass is 16.5. The molecule has 1 aromatic carbocycles. The number of likely N-dealkylation sites (tertiary alicyclic amines) is 1. The second kappa shape index (κ2) is 8.67. The number of methoxy groups -OCH3 is 1. The summed E-state index contributed by atoms with van der Waals surface area (Å²) in [5.74, 6) is 0.328. The van der Waals surface area contributed by atoms with Gasteiger partial charge < -0.3 is 15.0 Å². The lowest BCUT2D eigenvalue weighted by Gasteiger charge is -2.39. The van der Waals surface area contributed by atoms with Crippen LogP contribution in [0.1, 0.15) is 56.4 Å². The van der Waals surface area contributed by atoms with E-state index in [1.165, 1.54) is 0 Å². The average molecular weight is 358 g/mol. The van der Waals surface area contributed by atoms with Crippen molar-refractivity contribution in [3.05, 3.63) is 35.9 Å². The summed E-state index contributed by atoms with van der Waals surface area (Å²) in [4.78, 5) is 26.9. The maximum atomic E-state index is 12.5. The molecule has 1 atom stereocenters. The van der Waals surface area contributed by atoms with Gasteiger partial charge in [-0.3, -0.25) is 9.59 Å². The van der Waals surface area contributed by atoms with Gasteiger partial charge in [0.2, 0.25) is 11.8 Å². The van der Waals surface area contributed by atoms with Crippen LogP contribution in [0.4, 0.5) is 0 Å². The number of amides is 2. The van der Waals surface area contributed by atoms with Crippen molar-refractivity contribution >= 4 is 11.8 Å². The highest BCUT2D eigenvalue weighted by molar-refractivity contribution is 5.87. The first-order valence-corrected chi connectivity index (χ1v) is 9.77. The molecule has 1 spiro atoms. The van der Waals surface area contributed by atoms with Gasteiger partial charge in [-0.1, -0.05) is 36.8 Å². The van der Waals surface area contributed by atoms with E-state index in [0.29, 0.717) is 6.42 Å². The van der Waals surface area contributed by atoms with Gasteiger partial charge >= 0.3 is 0 Å². The van der Waals surface area contributed by atoms with E-state index < -0.39 is 0 Å². The van der Waals surface area contributed by atoms with Crippen molar-refractivity contribution in [3.63, 3.8) is 0 Å². The largest absolute Gasteiger partial charge is 0.385 e. The smallest absolute Gasteiger partial charge is 0.228 e. The standard InChI is InChI=1S/C21H30N2O3/c1-26-15-7-3-6-10-19(24)23-13-11-21(12-14-23)16-18(20(25)22-21)17-8-4-2-5-9-17/h2,4-5,8-9,18H,3,6-7,10-16H2,1H3,(H,22,25)/t18-/m1/s1. The van der Waals surface area contributed by atoms with Crippen LogP contribution in [0, 0.1) is 0 Å². The van der Waals surface area contributed by atoms with E-state index in [1.54, 1.807) is 7.11 Å². The normalized spacial score (nSPS) is 21.8. The van der Waals surface area contributed by atoms with Gasteiger partial charge in [0, 0.05) is 38.8 Å². The summed E-state index contributed by atoms with van der Waals surface area (Å²) in [7, 11) is 1.71. The number of carbonyl (C=O) groups is 2. The second-order valence-corrected chi connectivity index (χ2v) is 7.62. The molecule has 0 aliphatic carbocycles. The number of carbonyl (C=O) groups excluding carboxylic acids is 2. The summed E-state index contributed by atoms with van der Waals surface area (Å²) in [6, 6.07) is 10.0. The number of piperidine rings is 1. The Bertz CT molecular complexity index is 609. The number of nitrogens with one attached hydrogen (secondary N) is 1. The fourth-order valence-electron chi connectivity index (χ4n) is 4.21. The highest BCUT2D eigenvalue weighted by Crippen LogP contribution is 2.39. The Morgan fingerprint density at radius 3 is 2.62 bits per heavy atom. The fraction of sp³-hybridized carbons (Fsp3) is 0.619. The zero-order chi connectivity index (χ0) is 18.4. The molecule has 2 fully saturated rings. The van der Waals surface area contributed by atoms with Gasteiger partial charge in [0.05, 0.1) is 5.92 Å². The Labute approximate surface area is 156 Å². The fourth-order valence-corrected chi connectivity index (χ4v) is 4.21. The maximum absolute atomic E-state index is 12.5. The lowest BCUT2D eigenvalue weighted by atomic mass is 9.82. The van der Waals surface area contributed by atoms with Crippen molar-refractivity contribution < 1.29 is 14.3 Å². The van der Waals surface area contributed by atoms with Gasteiger partial charge in [-0.05, 0) is 37.7 Å². The third-order valence-corrected chi connectivity index (χ3v) is 5.81. The van der Waals surface area contributed by atoms with E-state index in [1.807, 2.05) is 35.2 Å². The number of hydrogen-bond acceptors (Lipinski definition) is 3. The first-order valence-electron chi connectivity index (χ1n) is 9.77. The van der Waals surface area contributed by atoms with Crippen molar-refractivity contribution in [2.75, 3.05) is 26.8 Å². The molecule has 1 aromatic rings. The molecule has 3 rings (SSSR count). The number of rotatable bonds is 7. The van der Waals surface area contributed by atoms with Crippen LogP contribution in [-0.4, -0.2) is 49.1 Å². The van der Waals surface area contributed by atoms with Crippen LogP contribution < -0.4 is 5.32 Å². The van der Waals surface area contributed by atoms with Gasteiger partial charge in [0.15, 0.2) is 0 Å². The van der Waals surface area contributed by atoms with Crippen LogP contribution in [0.25, 0.3) is 0 Å². The molecule has 2 amide bonds. The minimum absolute atomic E-state index is 0.0563. The monoisotopic (exact) mass is 358 g/mol. The first-order chi connectivity index (χ1) is 12.6. The van der Waals surface area contributed by atoms with Crippen molar-refractivity contribution in [3.8, 4) is 0 Å². The zero-order valence-corrected chi connectivity index (χ0v) is 15.7. The molecule has 26 heavy (non-hydrogen) atoms. The van der Waals surface area contributed by atoms with E-state index in [9.17, 15) is 9.59 Å². The minimum atomic E-state index is -0.132.